The van der Waals surface area contributed by atoms with E-state index in [2.05, 4.69) is 46.4 Å². The number of nitrogens with zero attached hydrogens (tertiary/aromatic N) is 5. The number of pyridine rings is 1. The van der Waals surface area contributed by atoms with Crippen molar-refractivity contribution in [1.82, 2.24) is 24.6 Å². The summed E-state index contributed by atoms with van der Waals surface area (Å²) < 4.78 is 13.6. The van der Waals surface area contributed by atoms with Gasteiger partial charge in [0.2, 0.25) is 5.88 Å². The molecule has 3 aromatic heterocycles. The van der Waals surface area contributed by atoms with E-state index in [1.165, 1.54) is 0 Å². The molecule has 7 rings (SSSR count). The molecule has 7 nitrogen and oxygen atoms in total. The maximum absolute atomic E-state index is 6.48. The van der Waals surface area contributed by atoms with Crippen molar-refractivity contribution in [3.05, 3.63) is 108 Å². The van der Waals surface area contributed by atoms with Gasteiger partial charge in [0, 0.05) is 34.8 Å². The second-order valence-electron chi connectivity index (χ2n) is 8.42. The molecule has 1 aliphatic rings. The van der Waals surface area contributed by atoms with Gasteiger partial charge in [0.05, 0.1) is 12.7 Å². The molecule has 0 bridgehead atoms. The summed E-state index contributed by atoms with van der Waals surface area (Å²) in [7, 11) is 1.67. The zero-order chi connectivity index (χ0) is 23.4. The Kier molecular flexibility index (Phi) is 4.29. The fourth-order valence-electron chi connectivity index (χ4n) is 4.81. The van der Waals surface area contributed by atoms with Crippen LogP contribution in [0.4, 0.5) is 0 Å². The molecular formula is C28H19N5O2. The molecule has 168 valence electrons. The van der Waals surface area contributed by atoms with E-state index < -0.39 is 0 Å². The predicted octanol–water partition coefficient (Wildman–Crippen LogP) is 5.63. The number of ether oxygens (including phenoxy) is 2. The Bertz CT molecular complexity index is 1710. The average molecular weight is 457 g/mol. The maximum atomic E-state index is 6.48. The van der Waals surface area contributed by atoms with E-state index in [4.69, 9.17) is 19.6 Å². The molecule has 0 N–H and O–H groups in total. The number of rotatable bonds is 3. The van der Waals surface area contributed by atoms with Gasteiger partial charge >= 0.3 is 0 Å². The molecular weight excluding hydrogens is 438 g/mol. The first kappa shape index (κ1) is 19.7. The summed E-state index contributed by atoms with van der Waals surface area (Å²) in [4.78, 5) is 13.7. The van der Waals surface area contributed by atoms with Crippen LogP contribution in [0.5, 0.6) is 17.4 Å². The van der Waals surface area contributed by atoms with Crippen molar-refractivity contribution in [2.45, 2.75) is 5.92 Å². The standard InChI is InChI=1S/C28H19N5O2/c1-34-20-9-6-18(7-10-20)23-22-11-8-17-4-2-3-5-21(17)25(22)35-28-24(23)27-31-26(32-33(27)16-30-28)19-12-14-29-15-13-19/h2-16,23H,1H3/t23-/m0/s1. The molecule has 35 heavy (non-hydrogen) atoms. The van der Waals surface area contributed by atoms with E-state index in [1.54, 1.807) is 30.3 Å². The van der Waals surface area contributed by atoms with E-state index in [-0.39, 0.29) is 5.92 Å². The quantitative estimate of drug-likeness (QED) is 0.342. The number of methoxy groups -OCH3 is 1. The first-order chi connectivity index (χ1) is 17.3. The van der Waals surface area contributed by atoms with Crippen LogP contribution in [0.15, 0.2) is 91.5 Å². The summed E-state index contributed by atoms with van der Waals surface area (Å²) >= 11 is 0. The lowest BCUT2D eigenvalue weighted by molar-refractivity contribution is 0.414. The molecule has 3 aromatic carbocycles. The fraction of sp³-hybridized carbons (Fsp3) is 0.0714. The first-order valence-electron chi connectivity index (χ1n) is 11.3. The summed E-state index contributed by atoms with van der Waals surface area (Å²) in [6.07, 6.45) is 5.13. The average Bonchev–Trinajstić information content (AvgIpc) is 3.37. The van der Waals surface area contributed by atoms with Crippen molar-refractivity contribution in [3.8, 4) is 28.8 Å². The second-order valence-corrected chi connectivity index (χ2v) is 8.42. The van der Waals surface area contributed by atoms with Crippen molar-refractivity contribution in [3.63, 3.8) is 0 Å². The Hall–Kier alpha value is -4.78. The van der Waals surface area contributed by atoms with E-state index in [0.717, 1.165) is 44.5 Å². The third kappa shape index (κ3) is 3.05. The Morgan fingerprint density at radius 3 is 2.57 bits per heavy atom. The monoisotopic (exact) mass is 457 g/mol. The Morgan fingerprint density at radius 2 is 1.74 bits per heavy atom. The predicted molar refractivity (Wildman–Crippen MR) is 132 cm³/mol. The van der Waals surface area contributed by atoms with Crippen LogP contribution in [-0.2, 0) is 0 Å². The molecule has 0 radical (unpaired) electrons. The smallest absolute Gasteiger partial charge is 0.228 e. The number of hydrogen-bond acceptors (Lipinski definition) is 6. The molecule has 0 spiro atoms. The fourth-order valence-corrected chi connectivity index (χ4v) is 4.81. The highest BCUT2D eigenvalue weighted by molar-refractivity contribution is 5.91. The van der Waals surface area contributed by atoms with Crippen molar-refractivity contribution in [2.75, 3.05) is 7.11 Å². The van der Waals surface area contributed by atoms with Crippen LogP contribution in [0.1, 0.15) is 22.6 Å². The molecule has 7 heteroatoms. The van der Waals surface area contributed by atoms with Crippen molar-refractivity contribution < 1.29 is 9.47 Å². The van der Waals surface area contributed by atoms with E-state index in [9.17, 15) is 0 Å². The minimum atomic E-state index is -0.144. The SMILES string of the molecule is COc1ccc([C@H]2c3ccc4ccccc4c3Oc3ncn4nc(-c5ccncc5)nc4c32)cc1. The molecule has 1 atom stereocenters. The lowest BCUT2D eigenvalue weighted by Gasteiger charge is -2.28. The van der Waals surface area contributed by atoms with Crippen LogP contribution in [-0.4, -0.2) is 31.7 Å². The third-order valence-electron chi connectivity index (χ3n) is 6.48. The Morgan fingerprint density at radius 1 is 0.914 bits per heavy atom. The number of hydrogen-bond donors (Lipinski definition) is 0. The Balaban J connectivity index is 1.51. The van der Waals surface area contributed by atoms with E-state index in [1.807, 2.05) is 36.4 Å². The highest BCUT2D eigenvalue weighted by Gasteiger charge is 2.34. The molecule has 0 unspecified atom stereocenters. The summed E-state index contributed by atoms with van der Waals surface area (Å²) in [6.45, 7) is 0. The summed E-state index contributed by atoms with van der Waals surface area (Å²) in [5.41, 5.74) is 4.64. The largest absolute Gasteiger partial charge is 0.497 e. The van der Waals surface area contributed by atoms with Gasteiger partial charge in [-0.05, 0) is 35.2 Å². The van der Waals surface area contributed by atoms with Gasteiger partial charge < -0.3 is 9.47 Å². The van der Waals surface area contributed by atoms with Gasteiger partial charge in [-0.2, -0.15) is 0 Å². The number of fused-ring (bicyclic) bond motifs is 6. The molecule has 0 amide bonds. The highest BCUT2D eigenvalue weighted by atomic mass is 16.5. The zero-order valence-electron chi connectivity index (χ0n) is 18.8. The molecule has 0 aliphatic carbocycles. The van der Waals surface area contributed by atoms with Gasteiger partial charge in [0.25, 0.3) is 0 Å². The lowest BCUT2D eigenvalue weighted by Crippen LogP contribution is -2.15. The van der Waals surface area contributed by atoms with E-state index >= 15 is 0 Å². The van der Waals surface area contributed by atoms with Crippen LogP contribution >= 0.6 is 0 Å². The highest BCUT2D eigenvalue weighted by Crippen LogP contribution is 2.50. The number of benzene rings is 3. The minimum absolute atomic E-state index is 0.144. The van der Waals surface area contributed by atoms with Gasteiger partial charge in [0.1, 0.15) is 17.8 Å². The molecule has 0 fully saturated rings. The summed E-state index contributed by atoms with van der Waals surface area (Å²) in [6, 6.07) is 24.4. The van der Waals surface area contributed by atoms with Gasteiger partial charge in [-0.25, -0.2) is 14.5 Å². The minimum Gasteiger partial charge on any atom is -0.497 e. The molecule has 1 aliphatic heterocycles. The van der Waals surface area contributed by atoms with Crippen LogP contribution < -0.4 is 9.47 Å². The van der Waals surface area contributed by atoms with Gasteiger partial charge in [-0.3, -0.25) is 4.98 Å². The Labute approximate surface area is 200 Å². The lowest BCUT2D eigenvalue weighted by atomic mass is 9.83. The molecule has 0 saturated heterocycles. The van der Waals surface area contributed by atoms with Crippen molar-refractivity contribution >= 4 is 16.4 Å². The van der Waals surface area contributed by atoms with Gasteiger partial charge in [-0.1, -0.05) is 48.5 Å². The van der Waals surface area contributed by atoms with E-state index in [0.29, 0.717) is 17.4 Å². The van der Waals surface area contributed by atoms with Gasteiger partial charge in [0.15, 0.2) is 11.5 Å². The summed E-state index contributed by atoms with van der Waals surface area (Å²) in [5, 5.41) is 6.86. The summed E-state index contributed by atoms with van der Waals surface area (Å²) in [5.74, 6) is 2.63. The second kappa shape index (κ2) is 7.63. The van der Waals surface area contributed by atoms with Crippen LogP contribution in [0, 0.1) is 0 Å². The molecule has 6 aromatic rings. The first-order valence-corrected chi connectivity index (χ1v) is 11.3. The maximum Gasteiger partial charge on any atom is 0.228 e. The third-order valence-corrected chi connectivity index (χ3v) is 6.48. The topological polar surface area (TPSA) is 74.4 Å². The zero-order valence-corrected chi connectivity index (χ0v) is 18.8. The van der Waals surface area contributed by atoms with Crippen LogP contribution in [0.3, 0.4) is 0 Å². The number of aromatic nitrogens is 5. The van der Waals surface area contributed by atoms with Crippen molar-refractivity contribution in [2.24, 2.45) is 0 Å². The van der Waals surface area contributed by atoms with Crippen LogP contribution in [0.25, 0.3) is 27.8 Å². The van der Waals surface area contributed by atoms with Gasteiger partial charge in [-0.15, -0.1) is 5.10 Å². The van der Waals surface area contributed by atoms with Crippen LogP contribution in [0.2, 0.25) is 0 Å². The normalized spacial score (nSPS) is 14.4. The molecule has 4 heterocycles. The molecule has 0 saturated carbocycles. The van der Waals surface area contributed by atoms with Crippen molar-refractivity contribution in [1.29, 1.82) is 0 Å².